The van der Waals surface area contributed by atoms with Gasteiger partial charge in [-0.25, -0.2) is 0 Å². The molecule has 0 aromatic heterocycles. The van der Waals surface area contributed by atoms with Gasteiger partial charge in [-0.3, -0.25) is 4.79 Å². The zero-order chi connectivity index (χ0) is 9.56. The fourth-order valence-electron chi connectivity index (χ4n) is 1.08. The Kier molecular flexibility index (Phi) is 5.28. The van der Waals surface area contributed by atoms with Crippen LogP contribution in [0.25, 0.3) is 0 Å². The van der Waals surface area contributed by atoms with Gasteiger partial charge in [0.15, 0.2) is 0 Å². The highest BCUT2D eigenvalue weighted by molar-refractivity contribution is 5.76. The molecule has 4 heteroatoms. The Balaban J connectivity index is 3.85. The van der Waals surface area contributed by atoms with Crippen LogP contribution < -0.4 is 0 Å². The lowest BCUT2D eigenvalue weighted by Crippen LogP contribution is -2.16. The number of carboxylic acids is 1. The van der Waals surface area contributed by atoms with Gasteiger partial charge in [0, 0.05) is 20.1 Å². The molecular formula is C8H14O4. The summed E-state index contributed by atoms with van der Waals surface area (Å²) in [6.45, 7) is 1.77. The first-order valence-electron chi connectivity index (χ1n) is 3.76. The van der Waals surface area contributed by atoms with Gasteiger partial charge in [0.25, 0.3) is 0 Å². The Bertz CT molecular complexity index is 148. The lowest BCUT2D eigenvalue weighted by Gasteiger charge is -2.10. The molecule has 0 fully saturated rings. The van der Waals surface area contributed by atoms with E-state index in [4.69, 9.17) is 9.84 Å². The van der Waals surface area contributed by atoms with Gasteiger partial charge in [-0.15, -0.1) is 0 Å². The second-order valence-electron chi connectivity index (χ2n) is 2.83. The van der Waals surface area contributed by atoms with E-state index in [1.165, 1.54) is 14.0 Å². The van der Waals surface area contributed by atoms with E-state index in [-0.39, 0.29) is 24.5 Å². The molecule has 0 aromatic rings. The third kappa shape index (κ3) is 5.85. The van der Waals surface area contributed by atoms with E-state index in [0.717, 1.165) is 0 Å². The Labute approximate surface area is 71.5 Å². The number of carbonyl (C=O) groups is 2. The highest BCUT2D eigenvalue weighted by atomic mass is 16.5. The number of hydrogen-bond acceptors (Lipinski definition) is 3. The molecule has 0 aliphatic carbocycles. The number of aliphatic carboxylic acids is 1. The molecule has 0 spiro atoms. The summed E-state index contributed by atoms with van der Waals surface area (Å²) in [5.41, 5.74) is 0. The normalized spacial score (nSPS) is 12.5. The van der Waals surface area contributed by atoms with E-state index in [9.17, 15) is 9.59 Å². The summed E-state index contributed by atoms with van der Waals surface area (Å²) in [5, 5.41) is 8.46. The van der Waals surface area contributed by atoms with E-state index >= 15 is 0 Å². The van der Waals surface area contributed by atoms with Crippen LogP contribution in [0.1, 0.15) is 19.8 Å². The number of Topliss-reactive ketones (excluding diaryl/α,β-unsaturated/α-hetero) is 1. The van der Waals surface area contributed by atoms with Crippen molar-refractivity contribution in [2.75, 3.05) is 13.7 Å². The summed E-state index contributed by atoms with van der Waals surface area (Å²) in [6, 6.07) is 0. The molecule has 4 nitrogen and oxygen atoms in total. The molecule has 0 saturated carbocycles. The number of carboxylic acid groups (broad SMARTS) is 1. The van der Waals surface area contributed by atoms with Crippen molar-refractivity contribution < 1.29 is 19.4 Å². The summed E-state index contributed by atoms with van der Waals surface area (Å²) < 4.78 is 4.79. The number of carbonyl (C=O) groups excluding carboxylic acids is 1. The zero-order valence-electron chi connectivity index (χ0n) is 7.37. The number of ketones is 1. The van der Waals surface area contributed by atoms with E-state index in [0.29, 0.717) is 6.61 Å². The monoisotopic (exact) mass is 174 g/mol. The van der Waals surface area contributed by atoms with Crippen LogP contribution in [0.5, 0.6) is 0 Å². The van der Waals surface area contributed by atoms with Crippen LogP contribution in [0, 0.1) is 5.92 Å². The number of methoxy groups -OCH3 is 1. The predicted molar refractivity (Wildman–Crippen MR) is 42.9 cm³/mol. The van der Waals surface area contributed by atoms with Crippen LogP contribution >= 0.6 is 0 Å². The van der Waals surface area contributed by atoms with Gasteiger partial charge in [0.2, 0.25) is 0 Å². The molecule has 0 saturated heterocycles. The van der Waals surface area contributed by atoms with Crippen molar-refractivity contribution in [3.05, 3.63) is 0 Å². The molecule has 1 unspecified atom stereocenters. The highest BCUT2D eigenvalue weighted by Crippen LogP contribution is 2.09. The first kappa shape index (κ1) is 11.1. The van der Waals surface area contributed by atoms with Crippen molar-refractivity contribution in [3.63, 3.8) is 0 Å². The summed E-state index contributed by atoms with van der Waals surface area (Å²) in [7, 11) is 1.50. The molecule has 1 atom stereocenters. The molecule has 0 aliphatic rings. The minimum Gasteiger partial charge on any atom is -0.481 e. The van der Waals surface area contributed by atoms with Crippen LogP contribution in [0.3, 0.4) is 0 Å². The second-order valence-corrected chi connectivity index (χ2v) is 2.83. The predicted octanol–water partition coefficient (Wildman–Crippen LogP) is 0.703. The molecule has 70 valence electrons. The van der Waals surface area contributed by atoms with Gasteiger partial charge in [0.1, 0.15) is 5.78 Å². The van der Waals surface area contributed by atoms with E-state index in [1.54, 1.807) is 0 Å². The minimum atomic E-state index is -0.890. The van der Waals surface area contributed by atoms with Gasteiger partial charge >= 0.3 is 5.97 Å². The maximum Gasteiger partial charge on any atom is 0.303 e. The summed E-state index contributed by atoms with van der Waals surface area (Å²) >= 11 is 0. The quantitative estimate of drug-likeness (QED) is 0.643. The van der Waals surface area contributed by atoms with Crippen LogP contribution in [-0.4, -0.2) is 30.6 Å². The van der Waals surface area contributed by atoms with E-state index in [2.05, 4.69) is 0 Å². The van der Waals surface area contributed by atoms with Gasteiger partial charge < -0.3 is 14.6 Å². The highest BCUT2D eigenvalue weighted by Gasteiger charge is 2.14. The smallest absolute Gasteiger partial charge is 0.303 e. The summed E-state index contributed by atoms with van der Waals surface area (Å²) in [5.74, 6) is -1.08. The van der Waals surface area contributed by atoms with Gasteiger partial charge in [0.05, 0.1) is 6.42 Å². The van der Waals surface area contributed by atoms with Crippen molar-refractivity contribution in [1.82, 2.24) is 0 Å². The van der Waals surface area contributed by atoms with Crippen molar-refractivity contribution in [1.29, 1.82) is 0 Å². The molecule has 12 heavy (non-hydrogen) atoms. The Morgan fingerprint density at radius 1 is 1.42 bits per heavy atom. The largest absolute Gasteiger partial charge is 0.481 e. The first-order chi connectivity index (χ1) is 5.56. The minimum absolute atomic E-state index is 0.00157. The molecule has 0 aromatic carbocycles. The van der Waals surface area contributed by atoms with Crippen LogP contribution in [0.4, 0.5) is 0 Å². The average Bonchev–Trinajstić information content (AvgIpc) is 1.84. The Morgan fingerprint density at radius 3 is 2.33 bits per heavy atom. The standard InChI is InChI=1S/C8H14O4/c1-6(9)3-7(5-12-2)4-8(10)11/h7H,3-5H2,1-2H3,(H,10,11). The van der Waals surface area contributed by atoms with E-state index < -0.39 is 5.97 Å². The third-order valence-corrected chi connectivity index (χ3v) is 1.44. The third-order valence-electron chi connectivity index (χ3n) is 1.44. The topological polar surface area (TPSA) is 63.6 Å². The lowest BCUT2D eigenvalue weighted by atomic mass is 10.0. The van der Waals surface area contributed by atoms with Crippen molar-refractivity contribution in [2.24, 2.45) is 5.92 Å². The van der Waals surface area contributed by atoms with Gasteiger partial charge in [-0.05, 0) is 12.8 Å². The molecule has 0 amide bonds. The van der Waals surface area contributed by atoms with Crippen LogP contribution in [-0.2, 0) is 14.3 Å². The van der Waals surface area contributed by atoms with Gasteiger partial charge in [-0.1, -0.05) is 0 Å². The summed E-state index contributed by atoms with van der Waals surface area (Å²) in [4.78, 5) is 21.0. The molecular weight excluding hydrogens is 160 g/mol. The second kappa shape index (κ2) is 5.71. The maximum atomic E-state index is 10.7. The molecule has 0 bridgehead atoms. The molecule has 0 heterocycles. The average molecular weight is 174 g/mol. The fourth-order valence-corrected chi connectivity index (χ4v) is 1.08. The van der Waals surface area contributed by atoms with E-state index in [1.807, 2.05) is 0 Å². The number of rotatable bonds is 6. The molecule has 0 radical (unpaired) electrons. The summed E-state index contributed by atoms with van der Waals surface area (Å²) in [6.07, 6.45) is 0.271. The van der Waals surface area contributed by atoms with Gasteiger partial charge in [-0.2, -0.15) is 0 Å². The SMILES string of the molecule is COCC(CC(C)=O)CC(=O)O. The molecule has 0 aliphatic heterocycles. The number of ether oxygens (including phenoxy) is 1. The molecule has 1 N–H and O–H groups in total. The lowest BCUT2D eigenvalue weighted by molar-refractivity contribution is -0.138. The Hall–Kier alpha value is -0.900. The first-order valence-corrected chi connectivity index (χ1v) is 3.76. The fraction of sp³-hybridized carbons (Fsp3) is 0.750. The number of hydrogen-bond donors (Lipinski definition) is 1. The Morgan fingerprint density at radius 2 is 2.00 bits per heavy atom. The zero-order valence-corrected chi connectivity index (χ0v) is 7.37. The van der Waals surface area contributed by atoms with Crippen molar-refractivity contribution in [3.8, 4) is 0 Å². The molecule has 0 rings (SSSR count). The van der Waals surface area contributed by atoms with Crippen molar-refractivity contribution >= 4 is 11.8 Å². The van der Waals surface area contributed by atoms with Crippen molar-refractivity contribution in [2.45, 2.75) is 19.8 Å². The van der Waals surface area contributed by atoms with Crippen LogP contribution in [0.15, 0.2) is 0 Å². The maximum absolute atomic E-state index is 10.7. The van der Waals surface area contributed by atoms with Crippen LogP contribution in [0.2, 0.25) is 0 Å².